The van der Waals surface area contributed by atoms with Crippen LogP contribution < -0.4 is 25.8 Å². The normalized spacial score (nSPS) is 22.3. The van der Waals surface area contributed by atoms with Crippen molar-refractivity contribution in [3.63, 3.8) is 0 Å². The van der Waals surface area contributed by atoms with Gasteiger partial charge in [0, 0.05) is 82.0 Å². The van der Waals surface area contributed by atoms with E-state index in [1.54, 1.807) is 30.5 Å². The average Bonchev–Trinajstić information content (AvgIpc) is 3.76. The quantitative estimate of drug-likeness (QED) is 0.146. The maximum absolute atomic E-state index is 14.1. The van der Waals surface area contributed by atoms with Crippen LogP contribution in [0.15, 0.2) is 72.9 Å². The lowest BCUT2D eigenvalue weighted by atomic mass is 9.85. The summed E-state index contributed by atoms with van der Waals surface area (Å²) in [4.78, 5) is 57.4. The van der Waals surface area contributed by atoms with Gasteiger partial charge in [0.05, 0.1) is 35.4 Å². The molecule has 5 aliphatic heterocycles. The molecule has 0 bridgehead atoms. The number of rotatable bonds is 10. The molecule has 16 nitrogen and oxygen atoms in total. The number of hydrogen-bond acceptors (Lipinski definition) is 13. The van der Waals surface area contributed by atoms with Crippen molar-refractivity contribution in [3.05, 3.63) is 89.7 Å². The zero-order valence-corrected chi connectivity index (χ0v) is 38.8. The summed E-state index contributed by atoms with van der Waals surface area (Å²) in [6.45, 7) is 13.6. The number of piperidine rings is 2. The maximum Gasteiger partial charge on any atom is 0.270 e. The van der Waals surface area contributed by atoms with Gasteiger partial charge in [-0.3, -0.25) is 19.3 Å². The highest BCUT2D eigenvalue weighted by Crippen LogP contribution is 2.37. The number of aromatic hydroxyl groups is 1. The van der Waals surface area contributed by atoms with E-state index in [4.69, 9.17) is 6.42 Å². The molecule has 2 aromatic carbocycles. The number of phenols is 1. The molecule has 4 saturated heterocycles. The van der Waals surface area contributed by atoms with Gasteiger partial charge in [0.2, 0.25) is 11.8 Å². The number of nitrogens with zero attached hydrogens (tertiary/aromatic N) is 8. The van der Waals surface area contributed by atoms with E-state index in [9.17, 15) is 24.6 Å². The number of terminal acetylenes is 1. The number of benzene rings is 2. The summed E-state index contributed by atoms with van der Waals surface area (Å²) in [5.74, 6) is 2.31. The third-order valence-electron chi connectivity index (χ3n) is 14.5. The van der Waals surface area contributed by atoms with Crippen LogP contribution in [0.1, 0.15) is 74.5 Å². The Morgan fingerprint density at radius 1 is 0.881 bits per heavy atom. The van der Waals surface area contributed by atoms with Crippen molar-refractivity contribution in [2.45, 2.75) is 95.7 Å². The Morgan fingerprint density at radius 3 is 2.31 bits per heavy atom. The van der Waals surface area contributed by atoms with Crippen molar-refractivity contribution in [3.8, 4) is 29.4 Å². The summed E-state index contributed by atoms with van der Waals surface area (Å²) in [6, 6.07) is 19.8. The van der Waals surface area contributed by atoms with Gasteiger partial charge in [-0.05, 0) is 92.2 Å². The van der Waals surface area contributed by atoms with Gasteiger partial charge in [0.1, 0.15) is 23.5 Å². The Labute approximate surface area is 393 Å². The fourth-order valence-electron chi connectivity index (χ4n) is 10.6. The van der Waals surface area contributed by atoms with E-state index in [1.165, 1.54) is 4.90 Å². The number of aliphatic hydroxyl groups is 1. The van der Waals surface area contributed by atoms with Crippen LogP contribution in [0.5, 0.6) is 5.75 Å². The van der Waals surface area contributed by atoms with Crippen molar-refractivity contribution in [2.24, 2.45) is 5.41 Å². The number of hydrogen-bond donors (Lipinski definition) is 5. The van der Waals surface area contributed by atoms with Gasteiger partial charge in [0.25, 0.3) is 5.91 Å². The van der Waals surface area contributed by atoms with Crippen molar-refractivity contribution < 1.29 is 24.6 Å². The first kappa shape index (κ1) is 45.9. The van der Waals surface area contributed by atoms with E-state index in [1.807, 2.05) is 57.2 Å². The smallest absolute Gasteiger partial charge is 0.270 e. The third kappa shape index (κ3) is 10.0. The third-order valence-corrected chi connectivity index (χ3v) is 14.5. The molecule has 0 saturated carbocycles. The van der Waals surface area contributed by atoms with Gasteiger partial charge in [-0.25, -0.2) is 4.98 Å². The lowest BCUT2D eigenvalue weighted by molar-refractivity contribution is -0.142. The highest BCUT2D eigenvalue weighted by Gasteiger charge is 2.45. The highest BCUT2D eigenvalue weighted by atomic mass is 16.3. The molecule has 7 heterocycles. The van der Waals surface area contributed by atoms with Crippen molar-refractivity contribution in [2.75, 3.05) is 74.0 Å². The van der Waals surface area contributed by atoms with Crippen LogP contribution in [0.4, 0.5) is 17.2 Å². The SMILES string of the molecule is C#Cc1ccc(CNC(=O)[C@@H]2C[C@@H](O)CN2C(=O)[C@@H](NC(=O)c2ccc(N3CCC(N4CCC(N5CCN6c7cc(-c8ccccc8O)nnc7NC[C@H]6C5)CC4)CC3)cn2)C(C)(C)C)cc1. The van der Waals surface area contributed by atoms with Crippen LogP contribution in [0.3, 0.4) is 0 Å². The van der Waals surface area contributed by atoms with Crippen LogP contribution in [0.25, 0.3) is 11.3 Å². The zero-order valence-electron chi connectivity index (χ0n) is 38.8. The molecule has 16 heteroatoms. The molecule has 0 spiro atoms. The fraction of sp³-hybridized carbons (Fsp3) is 0.490. The van der Waals surface area contributed by atoms with Crippen LogP contribution >= 0.6 is 0 Å². The van der Waals surface area contributed by atoms with Gasteiger partial charge in [-0.2, -0.15) is 0 Å². The molecule has 67 heavy (non-hydrogen) atoms. The minimum absolute atomic E-state index is 0.00700. The number of amides is 3. The highest BCUT2D eigenvalue weighted by molar-refractivity contribution is 5.98. The summed E-state index contributed by atoms with van der Waals surface area (Å²) in [6.07, 6.45) is 10.9. The predicted molar refractivity (Wildman–Crippen MR) is 257 cm³/mol. The number of likely N-dealkylation sites (tertiary alicyclic amines) is 2. The number of phenolic OH excluding ortho intramolecular Hbond substituents is 1. The molecule has 3 amide bonds. The lowest BCUT2D eigenvalue weighted by Crippen LogP contribution is -2.61. The number of carbonyl (C=O) groups excluding carboxylic acids is 3. The summed E-state index contributed by atoms with van der Waals surface area (Å²) < 4.78 is 0. The first-order chi connectivity index (χ1) is 32.3. The Bertz CT molecular complexity index is 2460. The first-order valence-electron chi connectivity index (χ1n) is 23.8. The monoisotopic (exact) mass is 910 g/mol. The number of para-hydroxylation sites is 1. The minimum Gasteiger partial charge on any atom is -0.507 e. The second-order valence-corrected chi connectivity index (χ2v) is 19.8. The number of pyridine rings is 1. The fourth-order valence-corrected chi connectivity index (χ4v) is 10.6. The molecule has 0 radical (unpaired) electrons. The van der Waals surface area contributed by atoms with Gasteiger partial charge in [-0.1, -0.05) is 51.0 Å². The van der Waals surface area contributed by atoms with E-state index in [-0.39, 0.29) is 36.9 Å². The van der Waals surface area contributed by atoms with Crippen molar-refractivity contribution in [1.29, 1.82) is 0 Å². The second-order valence-electron chi connectivity index (χ2n) is 19.8. The Hall–Kier alpha value is -6.28. The molecule has 4 aromatic rings. The second kappa shape index (κ2) is 19.5. The molecule has 0 aliphatic carbocycles. The number of carbonyl (C=O) groups is 3. The zero-order chi connectivity index (χ0) is 46.8. The van der Waals surface area contributed by atoms with Gasteiger partial charge in [-0.15, -0.1) is 16.6 Å². The van der Waals surface area contributed by atoms with Gasteiger partial charge < -0.3 is 45.8 Å². The average molecular weight is 910 g/mol. The number of anilines is 3. The number of fused-ring (bicyclic) bond motifs is 3. The van der Waals surface area contributed by atoms with Crippen LogP contribution in [0.2, 0.25) is 0 Å². The van der Waals surface area contributed by atoms with Crippen molar-refractivity contribution in [1.82, 2.24) is 40.5 Å². The number of aromatic nitrogens is 3. The summed E-state index contributed by atoms with van der Waals surface area (Å²) in [5.41, 5.74) is 4.48. The predicted octanol–water partition coefficient (Wildman–Crippen LogP) is 3.70. The molecular weight excluding hydrogens is 847 g/mol. The van der Waals surface area contributed by atoms with Gasteiger partial charge >= 0.3 is 0 Å². The molecule has 0 unspecified atom stereocenters. The van der Waals surface area contributed by atoms with E-state index < -0.39 is 35.4 Å². The van der Waals surface area contributed by atoms with E-state index >= 15 is 0 Å². The van der Waals surface area contributed by atoms with Crippen molar-refractivity contribution >= 4 is 34.9 Å². The summed E-state index contributed by atoms with van der Waals surface area (Å²) in [5, 5.41) is 39.3. The standard InChI is InChI=1S/C51H63N11O5/c1-5-33-10-12-34(13-11-33)28-54-49(66)44-26-39(63)32-62(44)50(67)46(51(2,3)4)55-48(65)41-15-14-37(29-52-41)59-22-16-35(17-23-59)58-20-18-36(19-21-58)60-24-25-61-38(31-60)30-53-47-43(61)27-42(56-57-47)40-8-6-7-9-45(40)64/h1,6-15,27,29,35-36,38-39,44,46,63-64H,16-26,28,30-32H2,2-4H3,(H,53,57)(H,54,66)(H,55,65)/t38-,39+,44-,46+/m0/s1. The largest absolute Gasteiger partial charge is 0.507 e. The van der Waals surface area contributed by atoms with Crippen LogP contribution in [-0.4, -0.2) is 153 Å². The molecule has 4 fully saturated rings. The summed E-state index contributed by atoms with van der Waals surface area (Å²) in [7, 11) is 0. The molecular formula is C51H63N11O5. The Kier molecular flexibility index (Phi) is 13.4. The molecule has 9 rings (SSSR count). The molecule has 2 aromatic heterocycles. The number of β-amino-alcohol motifs (C(OH)–C–C–N with tert-alkyl or cyclic N) is 1. The molecule has 5 aliphatic rings. The topological polar surface area (TPSA) is 183 Å². The molecule has 352 valence electrons. The first-order valence-corrected chi connectivity index (χ1v) is 23.8. The van der Waals surface area contributed by atoms with Crippen LogP contribution in [-0.2, 0) is 16.1 Å². The Morgan fingerprint density at radius 2 is 1.61 bits per heavy atom. The number of nitrogens with one attached hydrogen (secondary N) is 3. The van der Waals surface area contributed by atoms with E-state index in [0.29, 0.717) is 29.4 Å². The molecule has 5 N–H and O–H groups in total. The van der Waals surface area contributed by atoms with E-state index in [2.05, 4.69) is 62.7 Å². The number of piperazine rings is 1. The molecule has 4 atom stereocenters. The van der Waals surface area contributed by atoms with Gasteiger partial charge in [0.15, 0.2) is 5.82 Å². The maximum atomic E-state index is 14.1. The summed E-state index contributed by atoms with van der Waals surface area (Å²) >= 11 is 0. The Balaban J connectivity index is 0.737. The number of aliphatic hydroxyl groups excluding tert-OH is 1. The van der Waals surface area contributed by atoms with E-state index in [0.717, 1.165) is 106 Å². The van der Waals surface area contributed by atoms with Crippen LogP contribution in [0, 0.1) is 17.8 Å². The lowest BCUT2D eigenvalue weighted by Gasteiger charge is -2.50. The minimum atomic E-state index is -0.970.